The lowest BCUT2D eigenvalue weighted by molar-refractivity contribution is -0.137. The van der Waals surface area contributed by atoms with E-state index in [0.717, 1.165) is 12.8 Å². The topological polar surface area (TPSA) is 37.3 Å². The molecule has 0 unspecified atom stereocenters. The van der Waals surface area contributed by atoms with E-state index < -0.39 is 5.97 Å². The Bertz CT molecular complexity index is 399. The van der Waals surface area contributed by atoms with Gasteiger partial charge in [-0.2, -0.15) is 0 Å². The third kappa shape index (κ3) is 34.2. The second-order valence-electron chi connectivity index (χ2n) is 11.1. The van der Waals surface area contributed by atoms with Crippen LogP contribution in [-0.2, 0) is 4.79 Å². The molecule has 0 spiro atoms. The van der Waals surface area contributed by atoms with Crippen LogP contribution in [-0.4, -0.2) is 15.5 Å². The second-order valence-corrected chi connectivity index (χ2v) is 12.2. The van der Waals surface area contributed by atoms with Gasteiger partial charge in [0, 0.05) is 6.42 Å². The Balaban J connectivity index is 3.01. The van der Waals surface area contributed by atoms with E-state index in [-0.39, 0.29) is 0 Å². The van der Waals surface area contributed by atoms with Gasteiger partial charge in [-0.3, -0.25) is 4.79 Å². The lowest BCUT2D eigenvalue weighted by Gasteiger charge is -2.04. The first kappa shape index (κ1) is 35.2. The van der Waals surface area contributed by atoms with Gasteiger partial charge in [-0.25, -0.2) is 0 Å². The second kappa shape index (κ2) is 32.2. The van der Waals surface area contributed by atoms with Crippen LogP contribution in [0.15, 0.2) is 0 Å². The number of alkyl halides is 1. The Kier molecular flexibility index (Phi) is 32.4. The average Bonchev–Trinajstić information content (AvgIpc) is 2.85. The van der Waals surface area contributed by atoms with E-state index in [4.69, 9.17) is 5.11 Å². The van der Waals surface area contributed by atoms with E-state index in [9.17, 15) is 4.79 Å². The largest absolute Gasteiger partial charge is 0.481 e. The van der Waals surface area contributed by atoms with Crippen molar-refractivity contribution in [2.75, 3.05) is 4.43 Å². The fourth-order valence-corrected chi connectivity index (χ4v) is 5.68. The van der Waals surface area contributed by atoms with Crippen LogP contribution in [0.3, 0.4) is 0 Å². The molecule has 0 aliphatic rings. The Morgan fingerprint density at radius 2 is 0.514 bits per heavy atom. The smallest absolute Gasteiger partial charge is 0.303 e. The van der Waals surface area contributed by atoms with Crippen molar-refractivity contribution in [3.05, 3.63) is 0 Å². The minimum Gasteiger partial charge on any atom is -0.481 e. The molecule has 2 nitrogen and oxygen atoms in total. The van der Waals surface area contributed by atoms with Gasteiger partial charge >= 0.3 is 5.97 Å². The van der Waals surface area contributed by atoms with Gasteiger partial charge < -0.3 is 5.11 Å². The molecule has 0 aliphatic carbocycles. The number of hydrogen-bond donors (Lipinski definition) is 1. The highest BCUT2D eigenvalue weighted by molar-refractivity contribution is 14.1. The van der Waals surface area contributed by atoms with Gasteiger partial charge in [0.15, 0.2) is 0 Å². The van der Waals surface area contributed by atoms with E-state index in [2.05, 4.69) is 22.6 Å². The van der Waals surface area contributed by atoms with Crippen molar-refractivity contribution in [1.82, 2.24) is 0 Å². The molecule has 0 aromatic carbocycles. The minimum absolute atomic E-state index is 0.347. The first-order valence-corrected chi connectivity index (χ1v) is 17.6. The highest BCUT2D eigenvalue weighted by atomic mass is 127. The summed E-state index contributed by atoms with van der Waals surface area (Å²) in [4.78, 5) is 10.5. The van der Waals surface area contributed by atoms with E-state index >= 15 is 0 Å². The van der Waals surface area contributed by atoms with Crippen LogP contribution in [0.25, 0.3) is 0 Å². The maximum absolute atomic E-state index is 10.5. The highest BCUT2D eigenvalue weighted by Crippen LogP contribution is 2.16. The molecule has 0 radical (unpaired) electrons. The summed E-state index contributed by atoms with van der Waals surface area (Å²) in [6.07, 6.45) is 41.0. The molecule has 0 bridgehead atoms. The van der Waals surface area contributed by atoms with Crippen LogP contribution in [0, 0.1) is 0 Å². The van der Waals surface area contributed by atoms with Crippen LogP contribution in [0.4, 0.5) is 0 Å². The fraction of sp³-hybridized carbons (Fsp3) is 0.969. The third-order valence-electron chi connectivity index (χ3n) is 7.52. The molecule has 210 valence electrons. The minimum atomic E-state index is -0.648. The van der Waals surface area contributed by atoms with Gasteiger partial charge in [0.05, 0.1) is 0 Å². The third-order valence-corrected chi connectivity index (χ3v) is 8.29. The Labute approximate surface area is 234 Å². The van der Waals surface area contributed by atoms with Gasteiger partial charge in [-0.1, -0.05) is 196 Å². The predicted molar refractivity (Wildman–Crippen MR) is 165 cm³/mol. The van der Waals surface area contributed by atoms with E-state index in [0.29, 0.717) is 6.42 Å². The molecule has 0 atom stereocenters. The first-order chi connectivity index (χ1) is 17.3. The summed E-state index contributed by atoms with van der Waals surface area (Å²) in [5, 5.41) is 8.62. The van der Waals surface area contributed by atoms with E-state index in [1.54, 1.807) is 0 Å². The monoisotopic (exact) mass is 606 g/mol. The Hall–Kier alpha value is 0.200. The molecule has 0 amide bonds. The zero-order valence-electron chi connectivity index (χ0n) is 23.7. The Morgan fingerprint density at radius 1 is 0.343 bits per heavy atom. The molecule has 0 heterocycles. The van der Waals surface area contributed by atoms with Crippen molar-refractivity contribution in [2.24, 2.45) is 0 Å². The molecule has 0 aromatic heterocycles. The molecule has 3 heteroatoms. The van der Waals surface area contributed by atoms with Crippen molar-refractivity contribution >= 4 is 28.6 Å². The molecule has 0 saturated carbocycles. The number of unbranched alkanes of at least 4 members (excludes halogenated alkanes) is 28. The summed E-state index contributed by atoms with van der Waals surface area (Å²) in [6.45, 7) is 0. The zero-order chi connectivity index (χ0) is 25.5. The lowest BCUT2D eigenvalue weighted by atomic mass is 10.0. The first-order valence-electron chi connectivity index (χ1n) is 16.0. The van der Waals surface area contributed by atoms with Crippen LogP contribution in [0.5, 0.6) is 0 Å². The molecular weight excluding hydrogens is 543 g/mol. The summed E-state index contributed by atoms with van der Waals surface area (Å²) >= 11 is 2.49. The number of carboxylic acid groups (broad SMARTS) is 1. The van der Waals surface area contributed by atoms with E-state index in [1.165, 1.54) is 178 Å². The van der Waals surface area contributed by atoms with Crippen LogP contribution in [0.1, 0.15) is 193 Å². The summed E-state index contributed by atoms with van der Waals surface area (Å²) in [6, 6.07) is 0. The number of rotatable bonds is 31. The number of carbonyl (C=O) groups is 1. The molecule has 0 saturated heterocycles. The summed E-state index contributed by atoms with van der Waals surface area (Å²) in [5.41, 5.74) is 0. The molecule has 0 aromatic rings. The Morgan fingerprint density at radius 3 is 0.686 bits per heavy atom. The van der Waals surface area contributed by atoms with E-state index in [1.807, 2.05) is 0 Å². The van der Waals surface area contributed by atoms with Crippen LogP contribution in [0.2, 0.25) is 0 Å². The molecule has 0 fully saturated rings. The van der Waals surface area contributed by atoms with Crippen molar-refractivity contribution in [2.45, 2.75) is 193 Å². The summed E-state index contributed by atoms with van der Waals surface area (Å²) in [7, 11) is 0. The van der Waals surface area contributed by atoms with Gasteiger partial charge in [-0.15, -0.1) is 0 Å². The maximum Gasteiger partial charge on any atom is 0.303 e. The molecule has 0 aliphatic heterocycles. The SMILES string of the molecule is O=C(O)CCCCCCCCCCCCCCCCCCCCCCCCCCCCCCCI. The summed E-state index contributed by atoms with van der Waals surface area (Å²) in [5.74, 6) is -0.648. The maximum atomic E-state index is 10.5. The van der Waals surface area contributed by atoms with Gasteiger partial charge in [0.2, 0.25) is 0 Å². The number of halogens is 1. The standard InChI is InChI=1S/C32H63IO2/c33-31-29-27-25-23-21-19-17-15-13-11-9-7-5-3-1-2-4-6-8-10-12-14-16-18-20-22-24-26-28-30-32(34)35/h1-31H2,(H,34,35). The molecule has 1 N–H and O–H groups in total. The predicted octanol–water partition coefficient (Wildman–Crippen LogP) is 12.2. The molecule has 0 rings (SSSR count). The van der Waals surface area contributed by atoms with Crippen LogP contribution < -0.4 is 0 Å². The summed E-state index contributed by atoms with van der Waals surface area (Å²) < 4.78 is 1.34. The zero-order valence-corrected chi connectivity index (χ0v) is 25.8. The van der Waals surface area contributed by atoms with Crippen molar-refractivity contribution in [3.63, 3.8) is 0 Å². The van der Waals surface area contributed by atoms with Crippen molar-refractivity contribution in [3.8, 4) is 0 Å². The normalized spacial score (nSPS) is 11.3. The number of carboxylic acids is 1. The average molecular weight is 607 g/mol. The quantitative estimate of drug-likeness (QED) is 0.0484. The van der Waals surface area contributed by atoms with Crippen molar-refractivity contribution < 1.29 is 9.90 Å². The number of aliphatic carboxylic acids is 1. The fourth-order valence-electron chi connectivity index (χ4n) is 5.14. The molecular formula is C32H63IO2. The molecule has 35 heavy (non-hydrogen) atoms. The van der Waals surface area contributed by atoms with Crippen LogP contribution >= 0.6 is 22.6 Å². The number of hydrogen-bond acceptors (Lipinski definition) is 1. The van der Waals surface area contributed by atoms with Gasteiger partial charge in [0.1, 0.15) is 0 Å². The van der Waals surface area contributed by atoms with Crippen molar-refractivity contribution in [1.29, 1.82) is 0 Å². The van der Waals surface area contributed by atoms with Gasteiger partial charge in [-0.05, 0) is 17.3 Å². The lowest BCUT2D eigenvalue weighted by Crippen LogP contribution is -1.93. The highest BCUT2D eigenvalue weighted by Gasteiger charge is 1.98. The van der Waals surface area contributed by atoms with Gasteiger partial charge in [0.25, 0.3) is 0 Å².